The summed E-state index contributed by atoms with van der Waals surface area (Å²) in [5.74, 6) is -1.79. The van der Waals surface area contributed by atoms with E-state index in [2.05, 4.69) is 29.0 Å². The maximum absolute atomic E-state index is 14.7. The second-order valence-electron chi connectivity index (χ2n) is 9.68. The molecular formula is C32H38FNO4S. The van der Waals surface area contributed by atoms with Gasteiger partial charge >= 0.3 is 5.97 Å². The third-order valence-corrected chi connectivity index (χ3v) is 8.19. The Labute approximate surface area is 235 Å². The van der Waals surface area contributed by atoms with Crippen LogP contribution in [-0.2, 0) is 28.1 Å². The molecule has 39 heavy (non-hydrogen) atoms. The summed E-state index contributed by atoms with van der Waals surface area (Å²) >= 11 is 1.26. The summed E-state index contributed by atoms with van der Waals surface area (Å²) in [7, 11) is 1.24. The zero-order valence-corrected chi connectivity index (χ0v) is 23.3. The van der Waals surface area contributed by atoms with Crippen molar-refractivity contribution in [1.29, 1.82) is 0 Å². The number of thioether (sulfide) groups is 1. The Morgan fingerprint density at radius 2 is 1.51 bits per heavy atom. The number of unbranched alkanes of at least 4 members (excludes halogenated alkanes) is 5. The fourth-order valence-electron chi connectivity index (χ4n) is 4.62. The average molecular weight is 552 g/mol. The molecule has 0 heterocycles. The number of methoxy groups -OCH3 is 1. The van der Waals surface area contributed by atoms with Gasteiger partial charge in [0.05, 0.1) is 17.9 Å². The molecule has 0 saturated heterocycles. The zero-order chi connectivity index (χ0) is 28.0. The first-order valence-corrected chi connectivity index (χ1v) is 14.5. The normalized spacial score (nSPS) is 12.6. The van der Waals surface area contributed by atoms with Crippen molar-refractivity contribution in [3.8, 4) is 0 Å². The van der Waals surface area contributed by atoms with Gasteiger partial charge in [0.2, 0.25) is 5.91 Å². The second-order valence-corrected chi connectivity index (χ2v) is 10.8. The number of aliphatic hydroxyl groups excluding tert-OH is 1. The molecule has 0 bridgehead atoms. The lowest BCUT2D eigenvalue weighted by molar-refractivity contribution is -0.126. The number of nitrogens with two attached hydrogens (primary N) is 1. The van der Waals surface area contributed by atoms with E-state index in [9.17, 15) is 19.1 Å². The van der Waals surface area contributed by atoms with Crippen LogP contribution >= 0.6 is 11.8 Å². The molecule has 3 N–H and O–H groups in total. The van der Waals surface area contributed by atoms with Gasteiger partial charge in [-0.15, -0.1) is 11.8 Å². The Morgan fingerprint density at radius 1 is 0.872 bits per heavy atom. The third kappa shape index (κ3) is 9.52. The molecule has 2 atom stereocenters. The highest BCUT2D eigenvalue weighted by Gasteiger charge is 2.28. The van der Waals surface area contributed by atoms with Gasteiger partial charge in [-0.05, 0) is 60.1 Å². The maximum Gasteiger partial charge on any atom is 0.337 e. The molecule has 5 nitrogen and oxygen atoms in total. The van der Waals surface area contributed by atoms with Gasteiger partial charge in [-0.25, -0.2) is 9.18 Å². The van der Waals surface area contributed by atoms with E-state index in [0.717, 1.165) is 42.9 Å². The van der Waals surface area contributed by atoms with Gasteiger partial charge in [-0.2, -0.15) is 0 Å². The van der Waals surface area contributed by atoms with Gasteiger partial charge in [0.25, 0.3) is 0 Å². The number of rotatable bonds is 16. The molecule has 3 aromatic rings. The molecule has 0 aliphatic heterocycles. The molecule has 3 rings (SSSR count). The van der Waals surface area contributed by atoms with Gasteiger partial charge in [-0.3, -0.25) is 4.79 Å². The van der Waals surface area contributed by atoms with Crippen molar-refractivity contribution in [3.63, 3.8) is 0 Å². The van der Waals surface area contributed by atoms with E-state index in [1.54, 1.807) is 0 Å². The first-order valence-electron chi connectivity index (χ1n) is 13.5. The summed E-state index contributed by atoms with van der Waals surface area (Å²) in [5.41, 5.74) is 9.25. The minimum Gasteiger partial charge on any atom is -0.465 e. The first kappa shape index (κ1) is 30.4. The van der Waals surface area contributed by atoms with E-state index in [1.165, 1.54) is 62.3 Å². The van der Waals surface area contributed by atoms with Gasteiger partial charge in [0.15, 0.2) is 0 Å². The topological polar surface area (TPSA) is 89.6 Å². The molecule has 0 unspecified atom stereocenters. The van der Waals surface area contributed by atoms with Crippen molar-refractivity contribution in [2.24, 2.45) is 5.73 Å². The molecule has 0 spiro atoms. The number of amides is 1. The van der Waals surface area contributed by atoms with E-state index in [-0.39, 0.29) is 11.3 Å². The van der Waals surface area contributed by atoms with Crippen molar-refractivity contribution < 1.29 is 23.8 Å². The van der Waals surface area contributed by atoms with Crippen LogP contribution in [0.1, 0.15) is 76.4 Å². The lowest BCUT2D eigenvalue weighted by atomic mass is 9.96. The van der Waals surface area contributed by atoms with Crippen LogP contribution in [0.25, 0.3) is 0 Å². The van der Waals surface area contributed by atoms with E-state index >= 15 is 0 Å². The predicted molar refractivity (Wildman–Crippen MR) is 155 cm³/mol. The Morgan fingerprint density at radius 3 is 2.18 bits per heavy atom. The second kappa shape index (κ2) is 16.1. The summed E-state index contributed by atoms with van der Waals surface area (Å²) < 4.78 is 19.3. The third-order valence-electron chi connectivity index (χ3n) is 6.84. The largest absolute Gasteiger partial charge is 0.465 e. The van der Waals surface area contributed by atoms with Crippen LogP contribution in [0.15, 0.2) is 72.8 Å². The van der Waals surface area contributed by atoms with Gasteiger partial charge < -0.3 is 15.6 Å². The Balaban J connectivity index is 1.55. The minimum absolute atomic E-state index is 0.124. The summed E-state index contributed by atoms with van der Waals surface area (Å²) in [6.45, 7) is 0. The van der Waals surface area contributed by atoms with Gasteiger partial charge in [0, 0.05) is 5.75 Å². The monoisotopic (exact) mass is 551 g/mol. The number of hydrogen-bond acceptors (Lipinski definition) is 5. The molecule has 3 aromatic carbocycles. The summed E-state index contributed by atoms with van der Waals surface area (Å²) in [6.07, 6.45) is 7.41. The molecule has 0 aromatic heterocycles. The van der Waals surface area contributed by atoms with Crippen LogP contribution in [-0.4, -0.2) is 30.2 Å². The highest BCUT2D eigenvalue weighted by Crippen LogP contribution is 2.37. The molecule has 1 amide bonds. The molecule has 0 aliphatic carbocycles. The summed E-state index contributed by atoms with van der Waals surface area (Å²) in [5, 5.41) is 10.0. The fourth-order valence-corrected chi connectivity index (χ4v) is 5.94. The number of aryl methyl sites for hydroxylation is 2. The number of halogens is 1. The molecule has 0 saturated carbocycles. The highest BCUT2D eigenvalue weighted by atomic mass is 32.2. The van der Waals surface area contributed by atoms with E-state index in [0.29, 0.717) is 5.56 Å². The van der Waals surface area contributed by atoms with Crippen LogP contribution in [0, 0.1) is 5.82 Å². The Bertz CT molecular complexity index is 1200. The molecular weight excluding hydrogens is 513 g/mol. The average Bonchev–Trinajstić information content (AvgIpc) is 2.95. The first-order chi connectivity index (χ1) is 18.9. The van der Waals surface area contributed by atoms with Crippen LogP contribution in [0.3, 0.4) is 0 Å². The van der Waals surface area contributed by atoms with Crippen molar-refractivity contribution in [3.05, 3.63) is 106 Å². The minimum atomic E-state index is -1.42. The van der Waals surface area contributed by atoms with Crippen LogP contribution in [0.2, 0.25) is 0 Å². The summed E-state index contributed by atoms with van der Waals surface area (Å²) in [4.78, 5) is 23.6. The van der Waals surface area contributed by atoms with Crippen LogP contribution in [0.4, 0.5) is 4.39 Å². The van der Waals surface area contributed by atoms with Crippen molar-refractivity contribution in [2.45, 2.75) is 68.5 Å². The number of ether oxygens (including phenoxy) is 1. The highest BCUT2D eigenvalue weighted by molar-refractivity contribution is 7.98. The molecule has 0 fully saturated rings. The van der Waals surface area contributed by atoms with E-state index in [1.807, 2.05) is 30.3 Å². The molecule has 208 valence electrons. The summed E-state index contributed by atoms with van der Waals surface area (Å²) in [6, 6.07) is 22.5. The SMILES string of the molecule is COC(=O)c1ccc(CS[C@@H](c2ccccc2CCCCCCCCc2ccccc2)[C@H](O)C(N)=O)c(F)c1. The predicted octanol–water partition coefficient (Wildman–Crippen LogP) is 6.56. The Hall–Kier alpha value is -3.16. The van der Waals surface area contributed by atoms with Crippen LogP contribution in [0.5, 0.6) is 0 Å². The zero-order valence-electron chi connectivity index (χ0n) is 22.5. The lowest BCUT2D eigenvalue weighted by Crippen LogP contribution is -2.33. The van der Waals surface area contributed by atoms with Crippen molar-refractivity contribution >= 4 is 23.6 Å². The van der Waals surface area contributed by atoms with Crippen molar-refractivity contribution in [1.82, 2.24) is 0 Å². The van der Waals surface area contributed by atoms with Crippen LogP contribution < -0.4 is 5.73 Å². The number of carbonyl (C=O) groups is 2. The number of hydrogen-bond donors (Lipinski definition) is 2. The van der Waals surface area contributed by atoms with E-state index < -0.39 is 29.0 Å². The molecule has 0 radical (unpaired) electrons. The Kier molecular flexibility index (Phi) is 12.5. The van der Waals surface area contributed by atoms with Gasteiger partial charge in [0.1, 0.15) is 11.9 Å². The van der Waals surface area contributed by atoms with E-state index in [4.69, 9.17) is 5.73 Å². The smallest absolute Gasteiger partial charge is 0.337 e. The van der Waals surface area contributed by atoms with Crippen molar-refractivity contribution in [2.75, 3.05) is 7.11 Å². The molecule has 0 aliphatic rings. The number of esters is 1. The fraction of sp³-hybridized carbons (Fsp3) is 0.375. The molecule has 7 heteroatoms. The number of benzene rings is 3. The maximum atomic E-state index is 14.7. The quantitative estimate of drug-likeness (QED) is 0.155. The van der Waals surface area contributed by atoms with Gasteiger partial charge in [-0.1, -0.05) is 86.3 Å². The number of aliphatic hydroxyl groups is 1. The standard InChI is InChI=1S/C32H38FNO4S/c1-38-32(37)25-19-20-26(28(33)21-25)22-39-30(29(35)31(34)36)27-18-12-11-17-24(27)16-10-5-3-2-4-7-13-23-14-8-6-9-15-23/h6,8-9,11-12,14-15,17-21,29-30,35H,2-5,7,10,13,16,22H2,1H3,(H2,34,36)/t29-,30-/m0/s1. The lowest BCUT2D eigenvalue weighted by Gasteiger charge is -2.23. The number of carbonyl (C=O) groups excluding carboxylic acids is 2. The number of primary amides is 1.